The van der Waals surface area contributed by atoms with Gasteiger partial charge >= 0.3 is 0 Å². The van der Waals surface area contributed by atoms with E-state index in [9.17, 15) is 13.5 Å². The quantitative estimate of drug-likeness (QED) is 0.778. The lowest BCUT2D eigenvalue weighted by Gasteiger charge is -2.02. The van der Waals surface area contributed by atoms with Gasteiger partial charge in [0.25, 0.3) is 10.0 Å². The van der Waals surface area contributed by atoms with Gasteiger partial charge in [0.1, 0.15) is 5.82 Å². The number of aryl methyl sites for hydroxylation is 1. The van der Waals surface area contributed by atoms with Gasteiger partial charge in [0, 0.05) is 5.38 Å². The Bertz CT molecular complexity index is 644. The predicted molar refractivity (Wildman–Crippen MR) is 66.9 cm³/mol. The zero-order valence-corrected chi connectivity index (χ0v) is 11.3. The minimum atomic E-state index is -3.71. The maximum absolute atomic E-state index is 11.9. The third kappa shape index (κ3) is 2.68. The average molecular weight is 288 g/mol. The summed E-state index contributed by atoms with van der Waals surface area (Å²) in [6, 6.07) is 0. The highest BCUT2D eigenvalue weighted by atomic mass is 32.2. The molecule has 0 radical (unpaired) electrons. The van der Waals surface area contributed by atoms with Crippen LogP contribution in [-0.2, 0) is 10.0 Å². The van der Waals surface area contributed by atoms with E-state index in [1.54, 1.807) is 19.2 Å². The van der Waals surface area contributed by atoms with Crippen LogP contribution in [0.15, 0.2) is 16.6 Å². The van der Waals surface area contributed by atoms with Crippen molar-refractivity contribution in [2.75, 3.05) is 4.72 Å². The van der Waals surface area contributed by atoms with Crippen LogP contribution in [0.3, 0.4) is 0 Å². The molecule has 0 fully saturated rings. The second kappa shape index (κ2) is 4.67. The number of H-pyrrole nitrogens is 1. The Hall–Kier alpha value is -1.45. The van der Waals surface area contributed by atoms with E-state index in [1.165, 1.54) is 6.20 Å². The van der Waals surface area contributed by atoms with Crippen LogP contribution in [-0.4, -0.2) is 28.5 Å². The molecule has 0 bridgehead atoms. The van der Waals surface area contributed by atoms with E-state index in [1.807, 2.05) is 0 Å². The summed E-state index contributed by atoms with van der Waals surface area (Å²) in [5, 5.41) is 11.1. The number of anilines is 1. The van der Waals surface area contributed by atoms with Crippen molar-refractivity contribution in [3.63, 3.8) is 0 Å². The molecule has 98 valence electrons. The molecule has 7 nitrogen and oxygen atoms in total. The van der Waals surface area contributed by atoms with Gasteiger partial charge in [-0.25, -0.2) is 9.97 Å². The molecule has 0 aromatic carbocycles. The molecule has 0 aliphatic carbocycles. The van der Waals surface area contributed by atoms with Gasteiger partial charge in [0.05, 0.1) is 18.0 Å². The molecule has 18 heavy (non-hydrogen) atoms. The molecule has 2 rings (SSSR count). The van der Waals surface area contributed by atoms with E-state index in [0.717, 1.165) is 11.3 Å². The lowest BCUT2D eigenvalue weighted by Crippen LogP contribution is -2.13. The molecule has 2 aromatic rings. The molecule has 2 aromatic heterocycles. The average Bonchev–Trinajstić information content (AvgIpc) is 2.86. The number of nitrogens with one attached hydrogen (secondary N) is 2. The fourth-order valence-electron chi connectivity index (χ4n) is 1.23. The molecule has 9 heteroatoms. The SMILES string of the molecule is Cc1ncc(S(=O)(=O)Nc2nc(C(C)O)cs2)[nH]1. The highest BCUT2D eigenvalue weighted by Crippen LogP contribution is 2.22. The molecule has 1 unspecified atom stereocenters. The lowest BCUT2D eigenvalue weighted by molar-refractivity contribution is 0.195. The fraction of sp³-hybridized carbons (Fsp3) is 0.333. The molecule has 0 spiro atoms. The summed E-state index contributed by atoms with van der Waals surface area (Å²) in [4.78, 5) is 10.4. The lowest BCUT2D eigenvalue weighted by atomic mass is 10.3. The molecule has 1 atom stereocenters. The zero-order chi connectivity index (χ0) is 13.3. The number of aliphatic hydroxyl groups is 1. The third-order valence-electron chi connectivity index (χ3n) is 2.14. The molecule has 0 aliphatic heterocycles. The number of rotatable bonds is 4. The van der Waals surface area contributed by atoms with E-state index in [4.69, 9.17) is 0 Å². The van der Waals surface area contributed by atoms with Gasteiger partial charge in [-0.2, -0.15) is 8.42 Å². The fourth-order valence-corrected chi connectivity index (χ4v) is 3.25. The maximum Gasteiger partial charge on any atom is 0.280 e. The number of sulfonamides is 1. The summed E-state index contributed by atoms with van der Waals surface area (Å²) in [7, 11) is -3.71. The number of thiazole rings is 1. The normalized spacial score (nSPS) is 13.5. The summed E-state index contributed by atoms with van der Waals surface area (Å²) in [5.74, 6) is 0.513. The molecular weight excluding hydrogens is 276 g/mol. The predicted octanol–water partition coefficient (Wildman–Crippen LogP) is 1.03. The number of aromatic amines is 1. The van der Waals surface area contributed by atoms with Gasteiger partial charge < -0.3 is 10.1 Å². The van der Waals surface area contributed by atoms with Crippen LogP contribution in [0.4, 0.5) is 5.13 Å². The first kappa shape index (κ1) is 13.0. The van der Waals surface area contributed by atoms with Crippen molar-refractivity contribution in [2.24, 2.45) is 0 Å². The van der Waals surface area contributed by atoms with Crippen molar-refractivity contribution < 1.29 is 13.5 Å². The number of hydrogen-bond donors (Lipinski definition) is 3. The van der Waals surface area contributed by atoms with Crippen molar-refractivity contribution in [1.29, 1.82) is 0 Å². The molecule has 0 amide bonds. The smallest absolute Gasteiger partial charge is 0.280 e. The molecule has 2 heterocycles. The maximum atomic E-state index is 11.9. The molecular formula is C9H12N4O3S2. The molecule has 0 saturated carbocycles. The Kier molecular flexibility index (Phi) is 3.37. The second-order valence-electron chi connectivity index (χ2n) is 3.69. The van der Waals surface area contributed by atoms with E-state index < -0.39 is 16.1 Å². The van der Waals surface area contributed by atoms with Crippen LogP contribution >= 0.6 is 11.3 Å². The standard InChI is InChI=1S/C9H12N4O3S2/c1-5(14)7-4-17-9(12-7)13-18(15,16)8-3-10-6(2)11-8/h3-5,14H,1-2H3,(H,10,11)(H,12,13). The number of imidazole rings is 1. The molecule has 3 N–H and O–H groups in total. The van der Waals surface area contributed by atoms with Crippen molar-refractivity contribution >= 4 is 26.5 Å². The van der Waals surface area contributed by atoms with E-state index >= 15 is 0 Å². The number of aromatic nitrogens is 3. The minimum absolute atomic E-state index is 0.0196. The van der Waals surface area contributed by atoms with Crippen molar-refractivity contribution in [3.8, 4) is 0 Å². The van der Waals surface area contributed by atoms with Crippen molar-refractivity contribution in [1.82, 2.24) is 15.0 Å². The highest BCUT2D eigenvalue weighted by Gasteiger charge is 2.18. The first-order valence-electron chi connectivity index (χ1n) is 5.06. The van der Waals surface area contributed by atoms with Gasteiger partial charge in [-0.05, 0) is 13.8 Å². The highest BCUT2D eigenvalue weighted by molar-refractivity contribution is 7.92. The molecule has 0 aliphatic rings. The number of hydrogen-bond acceptors (Lipinski definition) is 6. The second-order valence-corrected chi connectivity index (χ2v) is 6.20. The monoisotopic (exact) mass is 288 g/mol. The minimum Gasteiger partial charge on any atom is -0.387 e. The summed E-state index contributed by atoms with van der Waals surface area (Å²) in [5.41, 5.74) is 0.429. The van der Waals surface area contributed by atoms with Crippen LogP contribution < -0.4 is 4.72 Å². The first-order chi connectivity index (χ1) is 8.38. The number of aliphatic hydroxyl groups excluding tert-OH is 1. The largest absolute Gasteiger partial charge is 0.387 e. The Morgan fingerprint density at radius 1 is 1.56 bits per heavy atom. The van der Waals surface area contributed by atoms with Crippen molar-refractivity contribution in [2.45, 2.75) is 25.0 Å². The summed E-state index contributed by atoms with van der Waals surface area (Å²) >= 11 is 1.11. The van der Waals surface area contributed by atoms with E-state index in [-0.39, 0.29) is 10.2 Å². The van der Waals surface area contributed by atoms with Crippen LogP contribution in [0, 0.1) is 6.92 Å². The van der Waals surface area contributed by atoms with Crippen LogP contribution in [0.25, 0.3) is 0 Å². The summed E-state index contributed by atoms with van der Waals surface area (Å²) < 4.78 is 26.2. The summed E-state index contributed by atoms with van der Waals surface area (Å²) in [6.45, 7) is 3.22. The summed E-state index contributed by atoms with van der Waals surface area (Å²) in [6.07, 6.45) is 0.509. The van der Waals surface area contributed by atoms with Gasteiger partial charge in [0.2, 0.25) is 0 Å². The van der Waals surface area contributed by atoms with Gasteiger partial charge in [-0.15, -0.1) is 11.3 Å². The van der Waals surface area contributed by atoms with Gasteiger partial charge in [-0.3, -0.25) is 4.72 Å². The van der Waals surface area contributed by atoms with Crippen LogP contribution in [0.2, 0.25) is 0 Å². The Balaban J connectivity index is 2.22. The zero-order valence-electron chi connectivity index (χ0n) is 9.71. The topological polar surface area (TPSA) is 108 Å². The van der Waals surface area contributed by atoms with Crippen LogP contribution in [0.1, 0.15) is 24.5 Å². The molecule has 0 saturated heterocycles. The number of nitrogens with zero attached hydrogens (tertiary/aromatic N) is 2. The Morgan fingerprint density at radius 3 is 2.78 bits per heavy atom. The first-order valence-corrected chi connectivity index (χ1v) is 7.42. The Labute approximate surface area is 108 Å². The Morgan fingerprint density at radius 2 is 2.28 bits per heavy atom. The van der Waals surface area contributed by atoms with Crippen LogP contribution in [0.5, 0.6) is 0 Å². The van der Waals surface area contributed by atoms with Gasteiger partial charge in [-0.1, -0.05) is 0 Å². The van der Waals surface area contributed by atoms with Crippen molar-refractivity contribution in [3.05, 3.63) is 23.1 Å². The van der Waals surface area contributed by atoms with E-state index in [2.05, 4.69) is 19.7 Å². The third-order valence-corrected chi connectivity index (χ3v) is 4.29. The van der Waals surface area contributed by atoms with Gasteiger partial charge in [0.15, 0.2) is 10.2 Å². The van der Waals surface area contributed by atoms with E-state index in [0.29, 0.717) is 11.5 Å².